The summed E-state index contributed by atoms with van der Waals surface area (Å²) < 4.78 is 23.9. The van der Waals surface area contributed by atoms with Gasteiger partial charge in [0.15, 0.2) is 23.0 Å². The third kappa shape index (κ3) is 9.85. The third-order valence-corrected chi connectivity index (χ3v) is 12.6. The normalized spacial score (nSPS) is 16.2. The quantitative estimate of drug-likeness (QED) is 0.0859. The number of carbonyl (C=O) groups is 3. The molecule has 3 aliphatic rings. The van der Waals surface area contributed by atoms with Crippen molar-refractivity contribution in [3.63, 3.8) is 0 Å². The predicted octanol–water partition coefficient (Wildman–Crippen LogP) is 8.59. The highest BCUT2D eigenvalue weighted by molar-refractivity contribution is 8.76. The minimum Gasteiger partial charge on any atom is -0.493 e. The van der Waals surface area contributed by atoms with E-state index in [-0.39, 0.29) is 41.7 Å². The van der Waals surface area contributed by atoms with Crippen LogP contribution < -0.4 is 24.3 Å². The van der Waals surface area contributed by atoms with Gasteiger partial charge in [-0.25, -0.2) is 0 Å². The first-order chi connectivity index (χ1) is 27.3. The lowest BCUT2D eigenvalue weighted by Gasteiger charge is -2.22. The molecule has 0 saturated carbocycles. The number of benzene rings is 3. The molecule has 3 amide bonds. The van der Waals surface area contributed by atoms with E-state index in [0.29, 0.717) is 90.1 Å². The number of aliphatic imine (C=N–C) groups is 2. The van der Waals surface area contributed by atoms with Crippen LogP contribution in [0.15, 0.2) is 76.8 Å². The van der Waals surface area contributed by atoms with Crippen molar-refractivity contribution in [3.8, 4) is 23.0 Å². The monoisotopic (exact) mass is 811 g/mol. The standard InChI is InChI=1S/C43H49N5O7S2/c1-26-10-12-47(22-26)41(50)32-17-36(52-6)38(19-34(32)44-5)54-24-28-14-29(16-30(15-28)46-40(49)9-11-43(3,4)57-56-8)25-55-39-20-35-33(18-37(39)53-7)42(51)48-23-27(2)13-31(48)21-45-35/h14-21,31H,1-2,5,9-13,22-25H2,3-4,6-8H3,(H,46,49)/t31-/m0/s1. The van der Waals surface area contributed by atoms with E-state index in [1.165, 1.54) is 14.2 Å². The molecule has 0 spiro atoms. The average molecular weight is 812 g/mol. The van der Waals surface area contributed by atoms with Crippen LogP contribution >= 0.6 is 21.6 Å². The van der Waals surface area contributed by atoms with Crippen LogP contribution in [0.5, 0.6) is 23.0 Å². The summed E-state index contributed by atoms with van der Waals surface area (Å²) in [6.07, 6.45) is 6.30. The summed E-state index contributed by atoms with van der Waals surface area (Å²) in [5, 5.41) is 3.07. The second-order valence-electron chi connectivity index (χ2n) is 14.8. The number of nitrogens with one attached hydrogen (secondary N) is 1. The Morgan fingerprint density at radius 3 is 2.26 bits per heavy atom. The zero-order valence-corrected chi connectivity index (χ0v) is 34.8. The minimum atomic E-state index is -0.180. The van der Waals surface area contributed by atoms with Gasteiger partial charge in [0.05, 0.1) is 42.8 Å². The van der Waals surface area contributed by atoms with E-state index < -0.39 is 0 Å². The average Bonchev–Trinajstić information content (AvgIpc) is 3.78. The Balaban J connectivity index is 1.25. The maximum atomic E-state index is 13.5. The van der Waals surface area contributed by atoms with Crippen LogP contribution in [0.2, 0.25) is 0 Å². The third-order valence-electron chi connectivity index (χ3n) is 9.96. The van der Waals surface area contributed by atoms with Crippen molar-refractivity contribution < 1.29 is 33.3 Å². The van der Waals surface area contributed by atoms with Gasteiger partial charge in [-0.15, -0.1) is 0 Å². The van der Waals surface area contributed by atoms with E-state index in [0.717, 1.165) is 28.7 Å². The molecule has 1 N–H and O–H groups in total. The molecule has 2 saturated heterocycles. The molecule has 0 aliphatic carbocycles. The second-order valence-corrected chi connectivity index (χ2v) is 17.9. The van der Waals surface area contributed by atoms with E-state index in [2.05, 4.69) is 49.0 Å². The number of ether oxygens (including phenoxy) is 4. The number of likely N-dealkylation sites (tertiary alicyclic amines) is 1. The molecule has 6 rings (SSSR count). The minimum absolute atomic E-state index is 0.0702. The Hall–Kier alpha value is -5.21. The topological polar surface area (TPSA) is 131 Å². The lowest BCUT2D eigenvalue weighted by atomic mass is 10.1. The summed E-state index contributed by atoms with van der Waals surface area (Å²) in [5.41, 5.74) is 5.71. The molecule has 2 fully saturated rings. The first kappa shape index (κ1) is 41.4. The van der Waals surface area contributed by atoms with Crippen LogP contribution in [-0.2, 0) is 18.0 Å². The molecule has 0 aromatic heterocycles. The van der Waals surface area contributed by atoms with Gasteiger partial charge < -0.3 is 34.1 Å². The lowest BCUT2D eigenvalue weighted by Crippen LogP contribution is -2.35. The number of carbonyl (C=O) groups excluding carboxylic acids is 3. The van der Waals surface area contributed by atoms with Gasteiger partial charge in [0, 0.05) is 54.8 Å². The van der Waals surface area contributed by atoms with Crippen molar-refractivity contribution in [3.05, 3.63) is 89.0 Å². The molecule has 57 heavy (non-hydrogen) atoms. The molecule has 300 valence electrons. The molecular formula is C43H49N5O7S2. The largest absolute Gasteiger partial charge is 0.493 e. The van der Waals surface area contributed by atoms with Crippen molar-refractivity contribution in [2.24, 2.45) is 9.98 Å². The summed E-state index contributed by atoms with van der Waals surface area (Å²) in [4.78, 5) is 52.4. The maximum absolute atomic E-state index is 13.5. The van der Waals surface area contributed by atoms with Gasteiger partial charge in [0.2, 0.25) is 5.91 Å². The van der Waals surface area contributed by atoms with Gasteiger partial charge in [0.25, 0.3) is 11.8 Å². The highest BCUT2D eigenvalue weighted by Crippen LogP contribution is 2.40. The lowest BCUT2D eigenvalue weighted by molar-refractivity contribution is -0.116. The Morgan fingerprint density at radius 2 is 1.63 bits per heavy atom. The van der Waals surface area contributed by atoms with Crippen LogP contribution in [0.4, 0.5) is 17.1 Å². The van der Waals surface area contributed by atoms with Crippen molar-refractivity contribution in [1.82, 2.24) is 9.80 Å². The number of amides is 3. The van der Waals surface area contributed by atoms with Crippen molar-refractivity contribution in [2.45, 2.75) is 63.5 Å². The van der Waals surface area contributed by atoms with E-state index >= 15 is 0 Å². The van der Waals surface area contributed by atoms with E-state index in [9.17, 15) is 14.4 Å². The molecule has 3 aromatic carbocycles. The van der Waals surface area contributed by atoms with Gasteiger partial charge in [-0.1, -0.05) is 45.9 Å². The van der Waals surface area contributed by atoms with Gasteiger partial charge in [-0.3, -0.25) is 24.4 Å². The number of methoxy groups -OCH3 is 2. The van der Waals surface area contributed by atoms with E-state index in [4.69, 9.17) is 18.9 Å². The fourth-order valence-corrected chi connectivity index (χ4v) is 9.26. The molecular weight excluding hydrogens is 763 g/mol. The van der Waals surface area contributed by atoms with Crippen molar-refractivity contribution in [2.75, 3.05) is 45.4 Å². The van der Waals surface area contributed by atoms with E-state index in [1.54, 1.807) is 61.9 Å². The fourth-order valence-electron chi connectivity index (χ4n) is 7.02. The first-order valence-corrected chi connectivity index (χ1v) is 21.2. The van der Waals surface area contributed by atoms with Gasteiger partial charge in [-0.2, -0.15) is 0 Å². The Labute approximate surface area is 342 Å². The highest BCUT2D eigenvalue weighted by atomic mass is 33.1. The molecule has 0 unspecified atom stereocenters. The number of rotatable bonds is 16. The smallest absolute Gasteiger partial charge is 0.257 e. The number of nitrogens with zero attached hydrogens (tertiary/aromatic N) is 4. The Kier molecular flexibility index (Phi) is 13.0. The van der Waals surface area contributed by atoms with E-state index in [1.807, 2.05) is 24.5 Å². The van der Waals surface area contributed by atoms with Crippen LogP contribution in [0, 0.1) is 0 Å². The molecule has 0 radical (unpaired) electrons. The molecule has 3 aliphatic heterocycles. The number of fused-ring (bicyclic) bond motifs is 2. The summed E-state index contributed by atoms with van der Waals surface area (Å²) in [5.74, 6) is 1.12. The number of hydrogen-bond donors (Lipinski definition) is 1. The molecule has 3 heterocycles. The SMILES string of the molecule is C=Nc1cc(OCc2cc(COc3cc4c(cc3OC)C(=O)N3CC(=C)C[C@H]3C=N4)cc(NC(=O)CCC(C)(C)SSC)c2)c(OC)cc1C(=O)N1CCC(=C)C1. The van der Waals surface area contributed by atoms with Crippen LogP contribution in [0.3, 0.4) is 0 Å². The molecule has 14 heteroatoms. The summed E-state index contributed by atoms with van der Waals surface area (Å²) in [6, 6.07) is 12.1. The molecule has 3 aromatic rings. The first-order valence-electron chi connectivity index (χ1n) is 18.6. The summed E-state index contributed by atoms with van der Waals surface area (Å²) in [6.45, 7) is 17.8. The molecule has 0 bridgehead atoms. The zero-order chi connectivity index (χ0) is 40.9. The maximum Gasteiger partial charge on any atom is 0.257 e. The summed E-state index contributed by atoms with van der Waals surface area (Å²) in [7, 11) is 6.46. The van der Waals surface area contributed by atoms with Crippen LogP contribution in [0.1, 0.15) is 71.4 Å². The molecule has 12 nitrogen and oxygen atoms in total. The van der Waals surface area contributed by atoms with Gasteiger partial charge >= 0.3 is 0 Å². The second kappa shape index (κ2) is 17.9. The number of hydrogen-bond acceptors (Lipinski definition) is 11. The predicted molar refractivity (Wildman–Crippen MR) is 230 cm³/mol. The van der Waals surface area contributed by atoms with Crippen LogP contribution in [0.25, 0.3) is 0 Å². The van der Waals surface area contributed by atoms with Gasteiger partial charge in [0.1, 0.15) is 13.2 Å². The summed E-state index contributed by atoms with van der Waals surface area (Å²) >= 11 is 0. The van der Waals surface area contributed by atoms with Crippen LogP contribution in [-0.4, -0.2) is 91.4 Å². The highest BCUT2D eigenvalue weighted by Gasteiger charge is 2.34. The van der Waals surface area contributed by atoms with Gasteiger partial charge in [-0.05, 0) is 87.5 Å². The fraction of sp³-hybridized carbons (Fsp3) is 0.372. The number of anilines is 1. The van der Waals surface area contributed by atoms with Crippen molar-refractivity contribution in [1.29, 1.82) is 0 Å². The Morgan fingerprint density at radius 1 is 0.947 bits per heavy atom. The Bertz CT molecular complexity index is 2130. The molecule has 1 atom stereocenters. The zero-order valence-electron chi connectivity index (χ0n) is 33.1. The van der Waals surface area contributed by atoms with Crippen molar-refractivity contribution >= 4 is 69.3 Å².